The highest BCUT2D eigenvalue weighted by Crippen LogP contribution is 2.22. The van der Waals surface area contributed by atoms with Crippen LogP contribution in [0.25, 0.3) is 11.3 Å². The van der Waals surface area contributed by atoms with Crippen molar-refractivity contribution in [2.45, 2.75) is 6.92 Å². The monoisotopic (exact) mass is 332 g/mol. The smallest absolute Gasteiger partial charge is 0.211 e. The van der Waals surface area contributed by atoms with Gasteiger partial charge in [0.25, 0.3) is 0 Å². The number of sulfonamides is 1. The van der Waals surface area contributed by atoms with E-state index in [0.717, 1.165) is 22.6 Å². The molecule has 0 atom stereocenters. The van der Waals surface area contributed by atoms with Gasteiger partial charge >= 0.3 is 0 Å². The molecule has 7 heteroatoms. The van der Waals surface area contributed by atoms with E-state index in [-0.39, 0.29) is 0 Å². The zero-order valence-corrected chi connectivity index (χ0v) is 14.1. The van der Waals surface area contributed by atoms with Crippen molar-refractivity contribution in [3.63, 3.8) is 0 Å². The first-order chi connectivity index (χ1) is 10.9. The van der Waals surface area contributed by atoms with Crippen molar-refractivity contribution >= 4 is 15.8 Å². The van der Waals surface area contributed by atoms with Crippen LogP contribution in [0.5, 0.6) is 0 Å². The van der Waals surface area contributed by atoms with Crippen LogP contribution in [0.4, 0.5) is 5.82 Å². The van der Waals surface area contributed by atoms with Crippen molar-refractivity contribution in [2.24, 2.45) is 0 Å². The fourth-order valence-corrected chi connectivity index (χ4v) is 3.57. The average molecular weight is 332 g/mol. The van der Waals surface area contributed by atoms with Gasteiger partial charge in [0.05, 0.1) is 11.9 Å². The second-order valence-electron chi connectivity index (χ2n) is 5.74. The van der Waals surface area contributed by atoms with Crippen LogP contribution in [0.2, 0.25) is 0 Å². The van der Waals surface area contributed by atoms with Gasteiger partial charge in [-0.25, -0.2) is 8.42 Å². The Labute approximate surface area is 136 Å². The zero-order valence-electron chi connectivity index (χ0n) is 13.3. The van der Waals surface area contributed by atoms with Crippen LogP contribution in [0, 0.1) is 6.92 Å². The fourth-order valence-electron chi connectivity index (χ4n) is 2.75. The van der Waals surface area contributed by atoms with Crippen LogP contribution in [-0.2, 0) is 10.0 Å². The molecule has 6 nitrogen and oxygen atoms in total. The van der Waals surface area contributed by atoms with Gasteiger partial charge < -0.3 is 4.90 Å². The van der Waals surface area contributed by atoms with Gasteiger partial charge in [-0.3, -0.25) is 0 Å². The Bertz CT molecular complexity index is 782. The Morgan fingerprint density at radius 3 is 2.22 bits per heavy atom. The van der Waals surface area contributed by atoms with Gasteiger partial charge in [0.2, 0.25) is 10.0 Å². The molecule has 3 rings (SSSR count). The summed E-state index contributed by atoms with van der Waals surface area (Å²) in [6, 6.07) is 12.0. The molecular weight excluding hydrogens is 312 g/mol. The lowest BCUT2D eigenvalue weighted by Crippen LogP contribution is -2.48. The molecule has 0 unspecified atom stereocenters. The minimum atomic E-state index is -3.11. The molecule has 23 heavy (non-hydrogen) atoms. The van der Waals surface area contributed by atoms with Gasteiger partial charge in [-0.1, -0.05) is 24.3 Å². The van der Waals surface area contributed by atoms with Gasteiger partial charge in [0.15, 0.2) is 5.82 Å². The van der Waals surface area contributed by atoms with Crippen LogP contribution in [-0.4, -0.2) is 55.4 Å². The van der Waals surface area contributed by atoms with Crippen molar-refractivity contribution in [3.8, 4) is 11.3 Å². The van der Waals surface area contributed by atoms with E-state index < -0.39 is 10.0 Å². The summed E-state index contributed by atoms with van der Waals surface area (Å²) in [6.45, 7) is 4.28. The summed E-state index contributed by atoms with van der Waals surface area (Å²) in [5.41, 5.74) is 3.09. The second kappa shape index (κ2) is 6.25. The third-order valence-electron chi connectivity index (χ3n) is 4.10. The van der Waals surface area contributed by atoms with Crippen molar-refractivity contribution in [1.82, 2.24) is 14.5 Å². The molecular formula is C16H20N4O2S. The Balaban J connectivity index is 1.73. The molecule has 0 amide bonds. The standard InChI is InChI=1S/C16H20N4O2S/c1-13-5-3-4-6-14(13)15-7-8-16(18-17-15)19-9-11-20(12-10-19)23(2,21)22/h3-8H,9-12H2,1-2H3. The average Bonchev–Trinajstić information content (AvgIpc) is 2.55. The second-order valence-corrected chi connectivity index (χ2v) is 7.72. The number of rotatable bonds is 3. The summed E-state index contributed by atoms with van der Waals surface area (Å²) in [7, 11) is -3.11. The van der Waals surface area contributed by atoms with Crippen LogP contribution in [0.1, 0.15) is 5.56 Å². The van der Waals surface area contributed by atoms with Crippen molar-refractivity contribution in [2.75, 3.05) is 37.3 Å². The summed E-state index contributed by atoms with van der Waals surface area (Å²) in [4.78, 5) is 2.07. The first-order valence-corrected chi connectivity index (χ1v) is 9.40. The minimum Gasteiger partial charge on any atom is -0.352 e. The maximum absolute atomic E-state index is 11.5. The van der Waals surface area contributed by atoms with Gasteiger partial charge in [-0.05, 0) is 24.6 Å². The molecule has 0 aliphatic carbocycles. The number of benzene rings is 1. The maximum atomic E-state index is 11.5. The number of hydrogen-bond donors (Lipinski definition) is 0. The van der Waals surface area contributed by atoms with Gasteiger partial charge in [0, 0.05) is 31.7 Å². The molecule has 122 valence electrons. The first kappa shape index (κ1) is 15.9. The quantitative estimate of drug-likeness (QED) is 0.853. The van der Waals surface area contributed by atoms with Gasteiger partial charge in [-0.2, -0.15) is 4.31 Å². The summed E-state index contributed by atoms with van der Waals surface area (Å²) >= 11 is 0. The molecule has 0 bridgehead atoms. The molecule has 1 aliphatic heterocycles. The van der Waals surface area contributed by atoms with Crippen LogP contribution in [0.15, 0.2) is 36.4 Å². The van der Waals surface area contributed by atoms with E-state index in [1.807, 2.05) is 30.3 Å². The topological polar surface area (TPSA) is 66.4 Å². The molecule has 1 aromatic heterocycles. The molecule has 1 saturated heterocycles. The van der Waals surface area contributed by atoms with Crippen LogP contribution < -0.4 is 4.90 Å². The molecule has 0 N–H and O–H groups in total. The predicted molar refractivity (Wildman–Crippen MR) is 90.8 cm³/mol. The Morgan fingerprint density at radius 2 is 1.65 bits per heavy atom. The molecule has 1 aromatic carbocycles. The number of nitrogens with zero attached hydrogens (tertiary/aromatic N) is 4. The van der Waals surface area contributed by atoms with Crippen LogP contribution >= 0.6 is 0 Å². The van der Waals surface area contributed by atoms with E-state index in [4.69, 9.17) is 0 Å². The molecule has 2 heterocycles. The van der Waals surface area contributed by atoms with E-state index >= 15 is 0 Å². The SMILES string of the molecule is Cc1ccccc1-c1ccc(N2CCN(S(C)(=O)=O)CC2)nn1. The molecule has 0 radical (unpaired) electrons. The third kappa shape index (κ3) is 3.51. The van der Waals surface area contributed by atoms with E-state index in [1.54, 1.807) is 0 Å². The highest BCUT2D eigenvalue weighted by Gasteiger charge is 2.24. The Morgan fingerprint density at radius 1 is 0.957 bits per heavy atom. The molecule has 0 spiro atoms. The Kier molecular flexibility index (Phi) is 4.32. The normalized spacial score (nSPS) is 16.5. The van der Waals surface area contributed by atoms with E-state index in [0.29, 0.717) is 26.2 Å². The van der Waals surface area contributed by atoms with E-state index in [9.17, 15) is 8.42 Å². The summed E-state index contributed by atoms with van der Waals surface area (Å²) in [5.74, 6) is 0.787. The first-order valence-electron chi connectivity index (χ1n) is 7.55. The van der Waals surface area contributed by atoms with Crippen LogP contribution in [0.3, 0.4) is 0 Å². The van der Waals surface area contributed by atoms with Crippen molar-refractivity contribution < 1.29 is 8.42 Å². The summed E-state index contributed by atoms with van der Waals surface area (Å²) in [5, 5.41) is 8.64. The number of aromatic nitrogens is 2. The van der Waals surface area contributed by atoms with E-state index in [1.165, 1.54) is 10.6 Å². The number of piperazine rings is 1. The van der Waals surface area contributed by atoms with Crippen molar-refractivity contribution in [3.05, 3.63) is 42.0 Å². The van der Waals surface area contributed by atoms with Gasteiger partial charge in [0.1, 0.15) is 0 Å². The van der Waals surface area contributed by atoms with E-state index in [2.05, 4.69) is 28.1 Å². The summed E-state index contributed by atoms with van der Waals surface area (Å²) in [6.07, 6.45) is 1.25. The van der Waals surface area contributed by atoms with Gasteiger partial charge in [-0.15, -0.1) is 10.2 Å². The lowest BCUT2D eigenvalue weighted by molar-refractivity contribution is 0.386. The summed E-state index contributed by atoms with van der Waals surface area (Å²) < 4.78 is 24.6. The number of anilines is 1. The minimum absolute atomic E-state index is 0.486. The number of hydrogen-bond acceptors (Lipinski definition) is 5. The highest BCUT2D eigenvalue weighted by molar-refractivity contribution is 7.88. The van der Waals surface area contributed by atoms with Crippen molar-refractivity contribution in [1.29, 1.82) is 0 Å². The maximum Gasteiger partial charge on any atom is 0.211 e. The molecule has 1 aliphatic rings. The Hall–Kier alpha value is -1.99. The molecule has 1 fully saturated rings. The predicted octanol–water partition coefficient (Wildman–Crippen LogP) is 1.53. The number of aryl methyl sites for hydroxylation is 1. The zero-order chi connectivity index (χ0) is 16.4. The molecule has 0 saturated carbocycles. The third-order valence-corrected chi connectivity index (χ3v) is 5.41. The lowest BCUT2D eigenvalue weighted by atomic mass is 10.1. The lowest BCUT2D eigenvalue weighted by Gasteiger charge is -2.33. The highest BCUT2D eigenvalue weighted by atomic mass is 32.2. The largest absolute Gasteiger partial charge is 0.352 e. The molecule has 2 aromatic rings. The fraction of sp³-hybridized carbons (Fsp3) is 0.375.